The molecule has 3 aromatic rings. The highest BCUT2D eigenvalue weighted by Gasteiger charge is 2.44. The average molecular weight is 473 g/mol. The number of rotatable bonds is 8. The second kappa shape index (κ2) is 11.2. The topological polar surface area (TPSA) is 0 Å². The Balaban J connectivity index is 2.47. The summed E-state index contributed by atoms with van der Waals surface area (Å²) in [5.74, 6) is 0.534. The molecule has 0 atom stereocenters. The Morgan fingerprint density at radius 1 is 0.727 bits per heavy atom. The van der Waals surface area contributed by atoms with E-state index in [1.165, 1.54) is 31.9 Å². The van der Waals surface area contributed by atoms with Gasteiger partial charge in [-0.2, -0.15) is 0 Å². The Labute approximate surface area is 207 Å². The third-order valence-electron chi connectivity index (χ3n) is 6.42. The van der Waals surface area contributed by atoms with Crippen LogP contribution in [-0.4, -0.2) is 14.0 Å². The highest BCUT2D eigenvalue weighted by atomic mass is 35.5. The van der Waals surface area contributed by atoms with E-state index in [0.29, 0.717) is 5.88 Å². The smallest absolute Gasteiger partial charge is 0.122 e. The maximum atomic E-state index is 7.01. The normalized spacial score (nSPS) is 12.8. The molecule has 0 radical (unpaired) electrons. The monoisotopic (exact) mass is 472 g/mol. The van der Waals surface area contributed by atoms with E-state index in [0.717, 1.165) is 12.8 Å². The molecule has 0 saturated carbocycles. The minimum atomic E-state index is -2.58. The molecule has 0 amide bonds. The van der Waals surface area contributed by atoms with E-state index >= 15 is 0 Å². The van der Waals surface area contributed by atoms with Crippen molar-refractivity contribution >= 4 is 35.2 Å². The summed E-state index contributed by atoms with van der Waals surface area (Å²) in [4.78, 5) is 0. The minimum absolute atomic E-state index is 0.0241. The molecule has 0 nitrogen and oxygen atoms in total. The Morgan fingerprint density at radius 2 is 1.12 bits per heavy atom. The number of allylic oxidation sites excluding steroid dienone is 4. The summed E-state index contributed by atoms with van der Waals surface area (Å²) < 4.78 is 0. The average Bonchev–Trinajstić information content (AvgIpc) is 2.82. The van der Waals surface area contributed by atoms with Crippen molar-refractivity contribution in [3.05, 3.63) is 113 Å². The molecule has 0 N–H and O–H groups in total. The fourth-order valence-corrected chi connectivity index (χ4v) is 11.0. The van der Waals surface area contributed by atoms with E-state index < -0.39 is 8.07 Å². The van der Waals surface area contributed by atoms with E-state index in [-0.39, 0.29) is 5.41 Å². The standard InChI is InChI=1S/C31H37ClSi/c1-25(2)16-15-23-29(31(3,4)5)30(24-32)33(26-17-9-6-10-18-26,27-19-11-7-12-20-27)28-21-13-8-14-22-28/h6-14,16-22H,15,23-24H2,1-5H3/b30-29+. The fraction of sp³-hybridized carbons (Fsp3) is 0.290. The van der Waals surface area contributed by atoms with Crippen molar-refractivity contribution < 1.29 is 0 Å². The Bertz CT molecular complexity index is 973. The fourth-order valence-electron chi connectivity index (χ4n) is 4.98. The van der Waals surface area contributed by atoms with Crippen LogP contribution in [-0.2, 0) is 0 Å². The van der Waals surface area contributed by atoms with Crippen LogP contribution in [0, 0.1) is 5.41 Å². The zero-order valence-corrected chi connectivity index (χ0v) is 22.5. The van der Waals surface area contributed by atoms with E-state index in [9.17, 15) is 0 Å². The summed E-state index contributed by atoms with van der Waals surface area (Å²) in [6, 6.07) is 33.3. The third kappa shape index (κ3) is 5.59. The maximum absolute atomic E-state index is 7.01. The lowest BCUT2D eigenvalue weighted by molar-refractivity contribution is 0.480. The van der Waals surface area contributed by atoms with Crippen LogP contribution in [0.4, 0.5) is 0 Å². The molecule has 0 saturated heterocycles. The van der Waals surface area contributed by atoms with Gasteiger partial charge in [0.25, 0.3) is 0 Å². The molecule has 0 aliphatic carbocycles. The van der Waals surface area contributed by atoms with Crippen molar-refractivity contribution in [3.8, 4) is 0 Å². The molecule has 0 aromatic heterocycles. The summed E-state index contributed by atoms with van der Waals surface area (Å²) in [7, 11) is -2.58. The number of alkyl halides is 1. The van der Waals surface area contributed by atoms with Gasteiger partial charge in [0.1, 0.15) is 0 Å². The first-order valence-corrected chi connectivity index (χ1v) is 14.4. The molecule has 0 fully saturated rings. The predicted molar refractivity (Wildman–Crippen MR) is 150 cm³/mol. The lowest BCUT2D eigenvalue weighted by Gasteiger charge is -2.40. The molecule has 2 heteroatoms. The molecule has 0 aliphatic rings. The van der Waals surface area contributed by atoms with Crippen molar-refractivity contribution in [1.29, 1.82) is 0 Å². The summed E-state index contributed by atoms with van der Waals surface area (Å²) in [6.45, 7) is 11.4. The van der Waals surface area contributed by atoms with Gasteiger partial charge in [-0.05, 0) is 47.7 Å². The zero-order chi connectivity index (χ0) is 23.9. The van der Waals surface area contributed by atoms with Crippen LogP contribution in [0.2, 0.25) is 0 Å². The second-order valence-corrected chi connectivity index (χ2v) is 14.1. The van der Waals surface area contributed by atoms with E-state index in [1.54, 1.807) is 0 Å². The molecular weight excluding hydrogens is 436 g/mol. The molecule has 0 aliphatic heterocycles. The quantitative estimate of drug-likeness (QED) is 0.143. The van der Waals surface area contributed by atoms with Gasteiger partial charge < -0.3 is 0 Å². The van der Waals surface area contributed by atoms with Crippen LogP contribution in [0.1, 0.15) is 47.5 Å². The number of hydrogen-bond acceptors (Lipinski definition) is 0. The molecule has 3 rings (SSSR count). The summed E-state index contributed by atoms with van der Waals surface area (Å²) in [5, 5.41) is 5.61. The lowest BCUT2D eigenvalue weighted by Crippen LogP contribution is -2.69. The predicted octanol–water partition coefficient (Wildman–Crippen LogP) is 7.02. The molecular formula is C31H37ClSi. The van der Waals surface area contributed by atoms with Gasteiger partial charge in [-0.3, -0.25) is 0 Å². The molecule has 3 aromatic carbocycles. The Hall–Kier alpha value is -2.35. The Kier molecular flexibility index (Phi) is 8.56. The van der Waals surface area contributed by atoms with Crippen LogP contribution < -0.4 is 15.6 Å². The van der Waals surface area contributed by atoms with Gasteiger partial charge in [0, 0.05) is 5.88 Å². The van der Waals surface area contributed by atoms with Crippen LogP contribution in [0.25, 0.3) is 0 Å². The highest BCUT2D eigenvalue weighted by molar-refractivity contribution is 7.16. The Morgan fingerprint density at radius 3 is 1.42 bits per heavy atom. The summed E-state index contributed by atoms with van der Waals surface area (Å²) in [6.07, 6.45) is 4.42. The SMILES string of the molecule is CC(C)=CCC/C(=C(/CCl)[Si](c1ccccc1)(c1ccccc1)c1ccccc1)C(C)(C)C. The van der Waals surface area contributed by atoms with Crippen LogP contribution in [0.15, 0.2) is 113 Å². The van der Waals surface area contributed by atoms with Crippen molar-refractivity contribution in [2.75, 3.05) is 5.88 Å². The van der Waals surface area contributed by atoms with Gasteiger partial charge in [0.2, 0.25) is 0 Å². The van der Waals surface area contributed by atoms with Crippen molar-refractivity contribution in [2.24, 2.45) is 5.41 Å². The molecule has 0 bridgehead atoms. The number of hydrogen-bond donors (Lipinski definition) is 0. The maximum Gasteiger partial charge on any atom is 0.176 e. The molecule has 0 unspecified atom stereocenters. The molecule has 0 spiro atoms. The number of halogens is 1. The van der Waals surface area contributed by atoms with Crippen molar-refractivity contribution in [1.82, 2.24) is 0 Å². The first-order valence-electron chi connectivity index (χ1n) is 11.9. The van der Waals surface area contributed by atoms with E-state index in [4.69, 9.17) is 11.6 Å². The van der Waals surface area contributed by atoms with Gasteiger partial charge in [-0.1, -0.05) is 134 Å². The largest absolute Gasteiger partial charge is 0.176 e. The van der Waals surface area contributed by atoms with Gasteiger partial charge >= 0.3 is 0 Å². The van der Waals surface area contributed by atoms with Crippen LogP contribution >= 0.6 is 11.6 Å². The summed E-state index contributed by atoms with van der Waals surface area (Å²) in [5.41, 5.74) is 2.89. The van der Waals surface area contributed by atoms with E-state index in [2.05, 4.69) is 132 Å². The van der Waals surface area contributed by atoms with E-state index in [1.807, 2.05) is 0 Å². The van der Waals surface area contributed by atoms with Crippen LogP contribution in [0.5, 0.6) is 0 Å². The van der Waals surface area contributed by atoms with Crippen molar-refractivity contribution in [2.45, 2.75) is 47.5 Å². The lowest BCUT2D eigenvalue weighted by atomic mass is 9.83. The van der Waals surface area contributed by atoms with Gasteiger partial charge in [0.15, 0.2) is 8.07 Å². The first-order chi connectivity index (χ1) is 15.8. The molecule has 33 heavy (non-hydrogen) atoms. The third-order valence-corrected chi connectivity index (χ3v) is 11.9. The zero-order valence-electron chi connectivity index (χ0n) is 20.7. The number of benzene rings is 3. The van der Waals surface area contributed by atoms with Crippen molar-refractivity contribution in [3.63, 3.8) is 0 Å². The molecule has 172 valence electrons. The van der Waals surface area contributed by atoms with Gasteiger partial charge in [0.05, 0.1) is 0 Å². The second-order valence-electron chi connectivity index (χ2n) is 10.0. The minimum Gasteiger partial charge on any atom is -0.122 e. The van der Waals surface area contributed by atoms with Crippen LogP contribution in [0.3, 0.4) is 0 Å². The van der Waals surface area contributed by atoms with Gasteiger partial charge in [-0.15, -0.1) is 11.6 Å². The summed E-state index contributed by atoms with van der Waals surface area (Å²) >= 11 is 7.01. The van der Waals surface area contributed by atoms with Gasteiger partial charge in [-0.25, -0.2) is 0 Å². The first kappa shape index (κ1) is 25.3. The molecule has 0 heterocycles. The highest BCUT2D eigenvalue weighted by Crippen LogP contribution is 2.36.